The molecule has 0 spiro atoms. The van der Waals surface area contributed by atoms with Gasteiger partial charge in [0.05, 0.1) is 17.6 Å². The third-order valence-corrected chi connectivity index (χ3v) is 3.12. The number of pyridine rings is 1. The van der Waals surface area contributed by atoms with E-state index in [-0.39, 0.29) is 0 Å². The summed E-state index contributed by atoms with van der Waals surface area (Å²) >= 11 is 0. The van der Waals surface area contributed by atoms with Crippen LogP contribution in [0.2, 0.25) is 0 Å². The van der Waals surface area contributed by atoms with Crippen molar-refractivity contribution in [3.63, 3.8) is 0 Å². The van der Waals surface area contributed by atoms with Gasteiger partial charge in [-0.25, -0.2) is 0 Å². The van der Waals surface area contributed by atoms with Crippen LogP contribution >= 0.6 is 0 Å². The monoisotopic (exact) mass is 189 g/mol. The van der Waals surface area contributed by atoms with Gasteiger partial charge in [-0.2, -0.15) is 0 Å². The zero-order chi connectivity index (χ0) is 9.38. The fourth-order valence-corrected chi connectivity index (χ4v) is 2.15. The van der Waals surface area contributed by atoms with Crippen LogP contribution in [0, 0.1) is 5.92 Å². The summed E-state index contributed by atoms with van der Waals surface area (Å²) in [7, 11) is 0. The van der Waals surface area contributed by atoms with Gasteiger partial charge in [0.25, 0.3) is 0 Å². The molecule has 0 aromatic carbocycles. The smallest absolute Gasteiger partial charge is 0.0762 e. The van der Waals surface area contributed by atoms with Crippen LogP contribution in [0.1, 0.15) is 19.3 Å². The fraction of sp³-hybridized carbons (Fsp3) is 0.545. The summed E-state index contributed by atoms with van der Waals surface area (Å²) in [4.78, 5) is 4.12. The molecule has 1 atom stereocenters. The zero-order valence-corrected chi connectivity index (χ0v) is 8.16. The van der Waals surface area contributed by atoms with E-state index < -0.39 is 0 Å². The summed E-state index contributed by atoms with van der Waals surface area (Å²) in [6.07, 6.45) is 7.77. The lowest BCUT2D eigenvalue weighted by Crippen LogP contribution is -2.21. The maximum Gasteiger partial charge on any atom is 0.0762 e. The Morgan fingerprint density at radius 1 is 1.21 bits per heavy atom. The van der Waals surface area contributed by atoms with Crippen LogP contribution in [0.5, 0.6) is 0 Å². The first-order valence-electron chi connectivity index (χ1n) is 5.38. The first-order valence-corrected chi connectivity index (χ1v) is 5.38. The molecule has 3 heteroatoms. The Kier molecular flexibility index (Phi) is 1.82. The number of hydrogen-bond donors (Lipinski definition) is 2. The predicted molar refractivity (Wildman–Crippen MR) is 57.5 cm³/mol. The van der Waals surface area contributed by atoms with E-state index in [0.29, 0.717) is 6.04 Å². The van der Waals surface area contributed by atoms with E-state index in [9.17, 15) is 0 Å². The van der Waals surface area contributed by atoms with Gasteiger partial charge in [-0.3, -0.25) is 4.98 Å². The molecule has 74 valence electrons. The molecule has 3 nitrogen and oxygen atoms in total. The summed E-state index contributed by atoms with van der Waals surface area (Å²) in [6, 6.07) is 2.73. The number of fused-ring (bicyclic) bond motifs is 1. The lowest BCUT2D eigenvalue weighted by Gasteiger charge is -2.16. The molecule has 1 fully saturated rings. The van der Waals surface area contributed by atoms with Crippen LogP contribution in [0.4, 0.5) is 11.4 Å². The first-order chi connectivity index (χ1) is 6.93. The number of hydrogen-bond acceptors (Lipinski definition) is 3. The van der Waals surface area contributed by atoms with E-state index in [2.05, 4.69) is 21.7 Å². The van der Waals surface area contributed by atoms with Gasteiger partial charge >= 0.3 is 0 Å². The predicted octanol–water partition coefficient (Wildman–Crippen LogP) is 2.09. The SMILES string of the molecule is c1cc2c(cn1)NCCC(C1CC1)N2. The summed E-state index contributed by atoms with van der Waals surface area (Å²) in [6.45, 7) is 1.06. The highest BCUT2D eigenvalue weighted by Crippen LogP contribution is 2.37. The second-order valence-electron chi connectivity index (χ2n) is 4.22. The molecule has 1 unspecified atom stereocenters. The van der Waals surface area contributed by atoms with Crippen LogP contribution in [0.25, 0.3) is 0 Å². The Hall–Kier alpha value is -1.25. The number of nitrogens with one attached hydrogen (secondary N) is 2. The molecule has 0 amide bonds. The number of rotatable bonds is 1. The Labute approximate surface area is 83.9 Å². The van der Waals surface area contributed by atoms with Crippen molar-refractivity contribution in [2.75, 3.05) is 17.2 Å². The van der Waals surface area contributed by atoms with Gasteiger partial charge in [0.15, 0.2) is 0 Å². The third-order valence-electron chi connectivity index (χ3n) is 3.12. The average molecular weight is 189 g/mol. The van der Waals surface area contributed by atoms with Crippen molar-refractivity contribution in [2.24, 2.45) is 5.92 Å². The van der Waals surface area contributed by atoms with Gasteiger partial charge in [-0.05, 0) is 31.2 Å². The van der Waals surface area contributed by atoms with E-state index in [4.69, 9.17) is 0 Å². The minimum atomic E-state index is 0.672. The minimum absolute atomic E-state index is 0.672. The summed E-state index contributed by atoms with van der Waals surface area (Å²) in [5, 5.41) is 7.03. The second kappa shape index (κ2) is 3.15. The van der Waals surface area contributed by atoms with E-state index in [1.54, 1.807) is 0 Å². The van der Waals surface area contributed by atoms with Crippen LogP contribution < -0.4 is 10.6 Å². The molecule has 2 heterocycles. The molecule has 14 heavy (non-hydrogen) atoms. The van der Waals surface area contributed by atoms with Gasteiger partial charge in [-0.1, -0.05) is 0 Å². The fourth-order valence-electron chi connectivity index (χ4n) is 2.15. The molecule has 2 N–H and O–H groups in total. The highest BCUT2D eigenvalue weighted by Gasteiger charge is 2.32. The standard InChI is InChI=1S/C11H15N3/c1-2-8(1)9-4-6-13-11-7-12-5-3-10(11)14-9/h3,5,7-9,13-14H,1-2,4,6H2. The van der Waals surface area contributed by atoms with Gasteiger partial charge < -0.3 is 10.6 Å². The Balaban J connectivity index is 1.86. The molecule has 2 aliphatic rings. The average Bonchev–Trinajstić information content (AvgIpc) is 3.04. The van der Waals surface area contributed by atoms with Crippen molar-refractivity contribution in [2.45, 2.75) is 25.3 Å². The molecule has 1 saturated carbocycles. The van der Waals surface area contributed by atoms with E-state index in [1.807, 2.05) is 12.4 Å². The minimum Gasteiger partial charge on any atom is -0.382 e. The van der Waals surface area contributed by atoms with E-state index in [1.165, 1.54) is 24.9 Å². The highest BCUT2D eigenvalue weighted by atomic mass is 15.0. The lowest BCUT2D eigenvalue weighted by molar-refractivity contribution is 0.609. The molecule has 1 aromatic rings. The number of aromatic nitrogens is 1. The van der Waals surface area contributed by atoms with Crippen LogP contribution in [-0.2, 0) is 0 Å². The Bertz CT molecular complexity index is 333. The molecule has 0 bridgehead atoms. The van der Waals surface area contributed by atoms with Gasteiger partial charge in [-0.15, -0.1) is 0 Å². The van der Waals surface area contributed by atoms with Gasteiger partial charge in [0.2, 0.25) is 0 Å². The summed E-state index contributed by atoms with van der Waals surface area (Å²) in [5.74, 6) is 0.913. The van der Waals surface area contributed by atoms with Crippen molar-refractivity contribution >= 4 is 11.4 Å². The van der Waals surface area contributed by atoms with Crippen molar-refractivity contribution < 1.29 is 0 Å². The van der Waals surface area contributed by atoms with Crippen LogP contribution in [0.15, 0.2) is 18.5 Å². The van der Waals surface area contributed by atoms with Crippen molar-refractivity contribution in [3.8, 4) is 0 Å². The Morgan fingerprint density at radius 3 is 3.00 bits per heavy atom. The van der Waals surface area contributed by atoms with Crippen LogP contribution in [-0.4, -0.2) is 17.6 Å². The largest absolute Gasteiger partial charge is 0.382 e. The zero-order valence-electron chi connectivity index (χ0n) is 8.16. The molecular formula is C11H15N3. The summed E-state index contributed by atoms with van der Waals surface area (Å²) < 4.78 is 0. The van der Waals surface area contributed by atoms with Crippen molar-refractivity contribution in [1.29, 1.82) is 0 Å². The molecule has 0 radical (unpaired) electrons. The number of anilines is 2. The van der Waals surface area contributed by atoms with E-state index >= 15 is 0 Å². The quantitative estimate of drug-likeness (QED) is 0.710. The van der Waals surface area contributed by atoms with Crippen molar-refractivity contribution in [3.05, 3.63) is 18.5 Å². The van der Waals surface area contributed by atoms with Crippen molar-refractivity contribution in [1.82, 2.24) is 4.98 Å². The Morgan fingerprint density at radius 2 is 2.14 bits per heavy atom. The molecule has 1 aliphatic carbocycles. The normalized spacial score (nSPS) is 25.6. The molecule has 1 aliphatic heterocycles. The maximum atomic E-state index is 4.12. The molecular weight excluding hydrogens is 174 g/mol. The first kappa shape index (κ1) is 8.09. The molecule has 3 rings (SSSR count). The van der Waals surface area contributed by atoms with Crippen LogP contribution in [0.3, 0.4) is 0 Å². The maximum absolute atomic E-state index is 4.12. The van der Waals surface area contributed by atoms with E-state index in [0.717, 1.165) is 18.2 Å². The highest BCUT2D eigenvalue weighted by molar-refractivity contribution is 5.68. The summed E-state index contributed by atoms with van der Waals surface area (Å²) in [5.41, 5.74) is 2.37. The van der Waals surface area contributed by atoms with Gasteiger partial charge in [0.1, 0.15) is 0 Å². The topological polar surface area (TPSA) is 37.0 Å². The number of nitrogens with zero attached hydrogens (tertiary/aromatic N) is 1. The lowest BCUT2D eigenvalue weighted by atomic mass is 10.1. The molecule has 1 aromatic heterocycles. The third kappa shape index (κ3) is 1.43. The molecule has 0 saturated heterocycles. The second-order valence-corrected chi connectivity index (χ2v) is 4.22. The van der Waals surface area contributed by atoms with Gasteiger partial charge in [0, 0.05) is 18.8 Å².